The predicted octanol–water partition coefficient (Wildman–Crippen LogP) is 3.74. The number of nitrogens with zero attached hydrogens (tertiary/aromatic N) is 1. The molecule has 0 atom stereocenters. The summed E-state index contributed by atoms with van der Waals surface area (Å²) in [5.41, 5.74) is 4.26. The van der Waals surface area contributed by atoms with Crippen molar-refractivity contribution in [1.29, 1.82) is 0 Å². The zero-order valence-corrected chi connectivity index (χ0v) is 14.5. The zero-order chi connectivity index (χ0) is 18.8. The fourth-order valence-electron chi connectivity index (χ4n) is 3.29. The molecule has 0 spiro atoms. The molecule has 1 aliphatic rings. The van der Waals surface area contributed by atoms with E-state index in [0.29, 0.717) is 17.8 Å². The number of nitrogens with one attached hydrogen (secondary N) is 2. The lowest BCUT2D eigenvalue weighted by Gasteiger charge is -2.10. The van der Waals surface area contributed by atoms with Crippen molar-refractivity contribution in [2.45, 2.75) is 12.8 Å². The Morgan fingerprint density at radius 2 is 2.04 bits per heavy atom. The molecule has 0 saturated carbocycles. The molecule has 0 bridgehead atoms. The number of fused-ring (bicyclic) bond motifs is 1. The smallest absolute Gasteiger partial charge is 0.257 e. The number of benzene rings is 2. The quantitative estimate of drug-likeness (QED) is 0.660. The van der Waals surface area contributed by atoms with Crippen LogP contribution in [0.15, 0.2) is 54.7 Å². The van der Waals surface area contributed by atoms with Crippen LogP contribution in [0, 0.1) is 5.82 Å². The Morgan fingerprint density at radius 1 is 1.19 bits per heavy atom. The standard InChI is InChI=1S/C21H18FN3O2/c22-17-11-13(4-5-19(17)26)10-14-6-8-24-20(12-14)25-21(27)16-2-1-3-18-15(16)7-9-23-18/h1-6,8,11-12,23,26H,7,9-10H2,(H,24,25,27). The number of halogens is 1. The van der Waals surface area contributed by atoms with Gasteiger partial charge in [-0.15, -0.1) is 0 Å². The van der Waals surface area contributed by atoms with Gasteiger partial charge >= 0.3 is 0 Å². The molecular weight excluding hydrogens is 345 g/mol. The molecule has 0 saturated heterocycles. The van der Waals surface area contributed by atoms with Gasteiger partial charge in [0.2, 0.25) is 0 Å². The summed E-state index contributed by atoms with van der Waals surface area (Å²) < 4.78 is 13.5. The predicted molar refractivity (Wildman–Crippen MR) is 102 cm³/mol. The van der Waals surface area contributed by atoms with Crippen LogP contribution in [0.1, 0.15) is 27.0 Å². The molecule has 3 N–H and O–H groups in total. The molecule has 0 aliphatic carbocycles. The second-order valence-electron chi connectivity index (χ2n) is 6.47. The van der Waals surface area contributed by atoms with E-state index in [4.69, 9.17) is 0 Å². The Labute approximate surface area is 155 Å². The number of hydrogen-bond donors (Lipinski definition) is 3. The summed E-state index contributed by atoms with van der Waals surface area (Å²) in [6, 6.07) is 13.5. The molecule has 1 aliphatic heterocycles. The van der Waals surface area contributed by atoms with Gasteiger partial charge in [-0.25, -0.2) is 9.37 Å². The third kappa shape index (κ3) is 3.60. The highest BCUT2D eigenvalue weighted by molar-refractivity contribution is 6.06. The number of aromatic nitrogens is 1. The van der Waals surface area contributed by atoms with Gasteiger partial charge in [0.05, 0.1) is 0 Å². The maximum Gasteiger partial charge on any atom is 0.257 e. The molecule has 1 aromatic heterocycles. The minimum absolute atomic E-state index is 0.198. The van der Waals surface area contributed by atoms with E-state index in [1.807, 2.05) is 24.3 Å². The summed E-state index contributed by atoms with van der Waals surface area (Å²) in [5.74, 6) is -0.774. The summed E-state index contributed by atoms with van der Waals surface area (Å²) in [6.07, 6.45) is 2.89. The van der Waals surface area contributed by atoms with E-state index in [-0.39, 0.29) is 11.7 Å². The molecule has 5 nitrogen and oxygen atoms in total. The van der Waals surface area contributed by atoms with Crippen molar-refractivity contribution < 1.29 is 14.3 Å². The average molecular weight is 363 g/mol. The molecule has 0 unspecified atom stereocenters. The van der Waals surface area contributed by atoms with Crippen LogP contribution in [0.2, 0.25) is 0 Å². The second kappa shape index (κ2) is 7.07. The third-order valence-corrected chi connectivity index (χ3v) is 4.60. The first-order valence-corrected chi connectivity index (χ1v) is 8.69. The Kier molecular flexibility index (Phi) is 4.46. The maximum absolute atomic E-state index is 13.5. The molecule has 4 rings (SSSR count). The van der Waals surface area contributed by atoms with Crippen LogP contribution >= 0.6 is 0 Å². The lowest BCUT2D eigenvalue weighted by Crippen LogP contribution is -2.15. The van der Waals surface area contributed by atoms with Crippen LogP contribution in [-0.2, 0) is 12.8 Å². The van der Waals surface area contributed by atoms with Crippen molar-refractivity contribution in [2.24, 2.45) is 0 Å². The number of phenols is 1. The van der Waals surface area contributed by atoms with Crippen LogP contribution in [0.25, 0.3) is 0 Å². The zero-order valence-electron chi connectivity index (χ0n) is 14.5. The summed E-state index contributed by atoms with van der Waals surface area (Å²) >= 11 is 0. The van der Waals surface area contributed by atoms with Crippen LogP contribution < -0.4 is 10.6 Å². The fourth-order valence-corrected chi connectivity index (χ4v) is 3.29. The van der Waals surface area contributed by atoms with Gasteiger partial charge in [-0.3, -0.25) is 4.79 Å². The number of pyridine rings is 1. The van der Waals surface area contributed by atoms with Gasteiger partial charge in [0.1, 0.15) is 5.82 Å². The van der Waals surface area contributed by atoms with Crippen LogP contribution in [0.4, 0.5) is 15.9 Å². The topological polar surface area (TPSA) is 74.2 Å². The van der Waals surface area contributed by atoms with E-state index in [1.54, 1.807) is 18.3 Å². The summed E-state index contributed by atoms with van der Waals surface area (Å²) in [7, 11) is 0. The minimum atomic E-state index is -0.651. The van der Waals surface area contributed by atoms with Crippen molar-refractivity contribution in [3.63, 3.8) is 0 Å². The number of aromatic hydroxyl groups is 1. The van der Waals surface area contributed by atoms with E-state index in [1.165, 1.54) is 12.1 Å². The molecule has 27 heavy (non-hydrogen) atoms. The number of carbonyl (C=O) groups is 1. The average Bonchev–Trinajstić information content (AvgIpc) is 3.14. The Hall–Kier alpha value is -3.41. The molecule has 3 aromatic rings. The van der Waals surface area contributed by atoms with Gasteiger partial charge in [-0.05, 0) is 65.9 Å². The number of rotatable bonds is 4. The van der Waals surface area contributed by atoms with E-state index >= 15 is 0 Å². The van der Waals surface area contributed by atoms with E-state index in [2.05, 4.69) is 15.6 Å². The number of amides is 1. The Morgan fingerprint density at radius 3 is 2.89 bits per heavy atom. The molecule has 136 valence electrons. The fraction of sp³-hybridized carbons (Fsp3) is 0.143. The number of carbonyl (C=O) groups excluding carboxylic acids is 1. The Balaban J connectivity index is 1.52. The lowest BCUT2D eigenvalue weighted by atomic mass is 10.0. The molecule has 0 fully saturated rings. The summed E-state index contributed by atoms with van der Waals surface area (Å²) in [4.78, 5) is 16.9. The van der Waals surface area contributed by atoms with Crippen LogP contribution in [0.5, 0.6) is 5.75 Å². The normalized spacial score (nSPS) is 12.3. The highest BCUT2D eigenvalue weighted by atomic mass is 19.1. The van der Waals surface area contributed by atoms with Crippen molar-refractivity contribution in [3.05, 3.63) is 82.8 Å². The van der Waals surface area contributed by atoms with Gasteiger partial charge in [-0.2, -0.15) is 0 Å². The van der Waals surface area contributed by atoms with E-state index < -0.39 is 5.82 Å². The van der Waals surface area contributed by atoms with Crippen molar-refractivity contribution >= 4 is 17.4 Å². The monoisotopic (exact) mass is 363 g/mol. The van der Waals surface area contributed by atoms with Crippen molar-refractivity contribution in [2.75, 3.05) is 17.2 Å². The van der Waals surface area contributed by atoms with Crippen LogP contribution in [0.3, 0.4) is 0 Å². The first-order valence-electron chi connectivity index (χ1n) is 8.69. The Bertz CT molecular complexity index is 1020. The molecular formula is C21H18FN3O2. The van der Waals surface area contributed by atoms with Crippen molar-refractivity contribution in [3.8, 4) is 5.75 Å². The van der Waals surface area contributed by atoms with Crippen molar-refractivity contribution in [1.82, 2.24) is 4.98 Å². The minimum Gasteiger partial charge on any atom is -0.505 e. The molecule has 1 amide bonds. The number of phenolic OH excluding ortho intramolecular Hbond substituents is 1. The first kappa shape index (κ1) is 17.0. The third-order valence-electron chi connectivity index (χ3n) is 4.60. The molecule has 2 heterocycles. The van der Waals surface area contributed by atoms with Gasteiger partial charge in [0, 0.05) is 24.0 Å². The van der Waals surface area contributed by atoms with Gasteiger partial charge in [-0.1, -0.05) is 12.1 Å². The van der Waals surface area contributed by atoms with Gasteiger partial charge in [0.25, 0.3) is 5.91 Å². The summed E-state index contributed by atoms with van der Waals surface area (Å²) in [6.45, 7) is 0.830. The lowest BCUT2D eigenvalue weighted by molar-refractivity contribution is 0.102. The largest absolute Gasteiger partial charge is 0.505 e. The SMILES string of the molecule is O=C(Nc1cc(Cc2ccc(O)c(F)c2)ccn1)c1cccc2c1CCN2. The highest BCUT2D eigenvalue weighted by Gasteiger charge is 2.18. The van der Waals surface area contributed by atoms with Gasteiger partial charge < -0.3 is 15.7 Å². The van der Waals surface area contributed by atoms with E-state index in [9.17, 15) is 14.3 Å². The molecule has 6 heteroatoms. The maximum atomic E-state index is 13.5. The molecule has 2 aromatic carbocycles. The van der Waals surface area contributed by atoms with Crippen LogP contribution in [-0.4, -0.2) is 22.5 Å². The van der Waals surface area contributed by atoms with E-state index in [0.717, 1.165) is 35.3 Å². The summed E-state index contributed by atoms with van der Waals surface area (Å²) in [5, 5.41) is 15.4. The van der Waals surface area contributed by atoms with Gasteiger partial charge in [0.15, 0.2) is 11.6 Å². The number of hydrogen-bond acceptors (Lipinski definition) is 4. The molecule has 0 radical (unpaired) electrons. The first-order chi connectivity index (χ1) is 13.1. The second-order valence-corrected chi connectivity index (χ2v) is 6.47. The number of anilines is 2. The highest BCUT2D eigenvalue weighted by Crippen LogP contribution is 2.26.